The average Bonchev–Trinajstić information content (AvgIpc) is 3.27. The van der Waals surface area contributed by atoms with Crippen molar-refractivity contribution in [1.29, 1.82) is 0 Å². The molecule has 0 saturated carbocycles. The van der Waals surface area contributed by atoms with Gasteiger partial charge in [0.05, 0.1) is 20.7 Å². The minimum atomic E-state index is -3.61. The molecule has 3 aromatic carbocycles. The third-order valence-corrected chi connectivity index (χ3v) is 9.29. The van der Waals surface area contributed by atoms with E-state index >= 15 is 0 Å². The molecule has 5 rings (SSSR count). The molecule has 7 nitrogen and oxygen atoms in total. The van der Waals surface area contributed by atoms with E-state index in [0.29, 0.717) is 46.7 Å². The Morgan fingerprint density at radius 1 is 1.03 bits per heavy atom. The second-order valence-corrected chi connectivity index (χ2v) is 12.4. The summed E-state index contributed by atoms with van der Waals surface area (Å²) < 4.78 is 28.7. The number of rotatable bonds is 5. The fourth-order valence-corrected chi connectivity index (χ4v) is 7.39. The molecule has 4 aromatic rings. The summed E-state index contributed by atoms with van der Waals surface area (Å²) in [6.45, 7) is 5.14. The minimum Gasteiger partial charge on any atom is -0.507 e. The van der Waals surface area contributed by atoms with Gasteiger partial charge in [0.15, 0.2) is 0 Å². The van der Waals surface area contributed by atoms with Crippen molar-refractivity contribution in [3.63, 3.8) is 0 Å². The van der Waals surface area contributed by atoms with Gasteiger partial charge < -0.3 is 10.4 Å². The van der Waals surface area contributed by atoms with E-state index in [-0.39, 0.29) is 10.6 Å². The Bertz CT molecular complexity index is 1490. The summed E-state index contributed by atoms with van der Waals surface area (Å²) in [6, 6.07) is 18.6. The van der Waals surface area contributed by atoms with Crippen LogP contribution < -0.4 is 5.32 Å². The van der Waals surface area contributed by atoms with Crippen LogP contribution in [0.3, 0.4) is 0 Å². The van der Waals surface area contributed by atoms with Crippen molar-refractivity contribution >= 4 is 43.2 Å². The van der Waals surface area contributed by atoms with Crippen molar-refractivity contribution < 1.29 is 18.3 Å². The maximum absolute atomic E-state index is 13.1. The lowest BCUT2D eigenvalue weighted by atomic mass is 9.94. The topological polar surface area (TPSA) is 99.6 Å². The summed E-state index contributed by atoms with van der Waals surface area (Å²) in [5, 5.41) is 14.0. The number of sulfonamides is 1. The number of nitrogens with one attached hydrogen (secondary N) is 1. The Labute approximate surface area is 214 Å². The number of aromatic nitrogens is 1. The fourth-order valence-electron chi connectivity index (χ4n) is 4.71. The van der Waals surface area contributed by atoms with Crippen molar-refractivity contribution in [2.75, 3.05) is 18.4 Å². The molecule has 0 aliphatic carbocycles. The van der Waals surface area contributed by atoms with Gasteiger partial charge >= 0.3 is 0 Å². The summed E-state index contributed by atoms with van der Waals surface area (Å²) in [6.07, 6.45) is 1.02. The molecule has 36 heavy (non-hydrogen) atoms. The SMILES string of the molecule is C[C@@H]1C[C@H](C)CN(S(=O)(=O)c2ccc(C(=O)Nc3ccc(-c4nc5ccccc5s4)c(O)c3)cc2)C1. The number of phenolic OH excluding ortho intramolecular Hbond substituents is 1. The zero-order valence-corrected chi connectivity index (χ0v) is 21.6. The number of aromatic hydroxyl groups is 1. The third-order valence-electron chi connectivity index (χ3n) is 6.37. The number of anilines is 1. The molecule has 1 aromatic heterocycles. The predicted octanol–water partition coefficient (Wildman–Crippen LogP) is 5.59. The Balaban J connectivity index is 1.30. The number of thiazole rings is 1. The highest BCUT2D eigenvalue weighted by Gasteiger charge is 2.31. The van der Waals surface area contributed by atoms with E-state index in [1.807, 2.05) is 24.3 Å². The smallest absolute Gasteiger partial charge is 0.255 e. The molecule has 1 amide bonds. The van der Waals surface area contributed by atoms with Gasteiger partial charge in [0.25, 0.3) is 5.91 Å². The van der Waals surface area contributed by atoms with Gasteiger partial charge in [-0.05, 0) is 66.8 Å². The van der Waals surface area contributed by atoms with Crippen LogP contribution in [0.25, 0.3) is 20.8 Å². The number of nitrogens with zero attached hydrogens (tertiary/aromatic N) is 2. The lowest BCUT2D eigenvalue weighted by molar-refractivity contribution is 0.102. The lowest BCUT2D eigenvalue weighted by Gasteiger charge is -2.34. The van der Waals surface area contributed by atoms with Crippen molar-refractivity contribution in [3.05, 3.63) is 72.3 Å². The first-order chi connectivity index (χ1) is 17.2. The van der Waals surface area contributed by atoms with Crippen molar-refractivity contribution in [3.8, 4) is 16.3 Å². The quantitative estimate of drug-likeness (QED) is 0.357. The van der Waals surface area contributed by atoms with E-state index in [9.17, 15) is 18.3 Å². The van der Waals surface area contributed by atoms with Crippen LogP contribution in [-0.4, -0.2) is 41.8 Å². The molecule has 0 bridgehead atoms. The summed E-state index contributed by atoms with van der Waals surface area (Å²) >= 11 is 1.48. The molecule has 186 valence electrons. The average molecular weight is 522 g/mol. The molecule has 1 aliphatic heterocycles. The molecule has 2 N–H and O–H groups in total. The van der Waals surface area contributed by atoms with Gasteiger partial charge in [0.1, 0.15) is 10.8 Å². The Morgan fingerprint density at radius 3 is 2.39 bits per heavy atom. The highest BCUT2D eigenvalue weighted by Crippen LogP contribution is 2.36. The maximum Gasteiger partial charge on any atom is 0.255 e. The lowest BCUT2D eigenvalue weighted by Crippen LogP contribution is -2.42. The van der Waals surface area contributed by atoms with Gasteiger partial charge in [0, 0.05) is 30.4 Å². The highest BCUT2D eigenvalue weighted by atomic mass is 32.2. The van der Waals surface area contributed by atoms with Gasteiger partial charge in [0.2, 0.25) is 10.0 Å². The number of hydrogen-bond acceptors (Lipinski definition) is 6. The summed E-state index contributed by atoms with van der Waals surface area (Å²) in [5.41, 5.74) is 2.20. The molecule has 1 saturated heterocycles. The molecule has 1 fully saturated rings. The summed E-state index contributed by atoms with van der Waals surface area (Å²) in [5.74, 6) is 0.238. The molecule has 2 heterocycles. The van der Waals surface area contributed by atoms with Crippen LogP contribution in [0.5, 0.6) is 5.75 Å². The number of carbonyl (C=O) groups is 1. The van der Waals surface area contributed by atoms with Gasteiger partial charge in [-0.1, -0.05) is 26.0 Å². The van der Waals surface area contributed by atoms with Crippen molar-refractivity contribution in [2.45, 2.75) is 25.2 Å². The largest absolute Gasteiger partial charge is 0.507 e. The number of piperidine rings is 1. The van der Waals surface area contributed by atoms with E-state index in [4.69, 9.17) is 0 Å². The zero-order valence-electron chi connectivity index (χ0n) is 20.0. The standard InChI is InChI=1S/C27H27N3O4S2/c1-17-13-18(2)16-30(15-17)36(33,34)21-10-7-19(8-11-21)26(32)28-20-9-12-22(24(31)14-20)27-29-23-5-3-4-6-25(23)35-27/h3-12,14,17-18,31H,13,15-16H2,1-2H3,(H,28,32)/t17-,18+. The molecule has 0 unspecified atom stereocenters. The summed E-state index contributed by atoms with van der Waals surface area (Å²) in [7, 11) is -3.61. The van der Waals surface area contributed by atoms with Crippen molar-refractivity contribution in [2.24, 2.45) is 11.8 Å². The number of hydrogen-bond donors (Lipinski definition) is 2. The minimum absolute atomic E-state index is 0.0123. The molecule has 2 atom stereocenters. The van der Waals surface area contributed by atoms with Gasteiger partial charge in [-0.2, -0.15) is 4.31 Å². The number of carbonyl (C=O) groups excluding carboxylic acids is 1. The molecule has 9 heteroatoms. The Morgan fingerprint density at radius 2 is 1.72 bits per heavy atom. The van der Waals surface area contributed by atoms with Crippen LogP contribution in [0.2, 0.25) is 0 Å². The van der Waals surface area contributed by atoms with Crippen LogP contribution in [0.15, 0.2) is 71.6 Å². The number of phenols is 1. The predicted molar refractivity (Wildman–Crippen MR) is 143 cm³/mol. The Hall–Kier alpha value is -3.27. The van der Waals surface area contributed by atoms with Gasteiger partial charge in [-0.25, -0.2) is 13.4 Å². The first-order valence-corrected chi connectivity index (χ1v) is 14.1. The first-order valence-electron chi connectivity index (χ1n) is 11.8. The highest BCUT2D eigenvalue weighted by molar-refractivity contribution is 7.89. The molecule has 0 radical (unpaired) electrons. The number of para-hydroxylation sites is 1. The second kappa shape index (κ2) is 9.65. The normalized spacial score (nSPS) is 18.8. The number of amides is 1. The van der Waals surface area contributed by atoms with E-state index in [1.54, 1.807) is 12.1 Å². The van der Waals surface area contributed by atoms with Crippen LogP contribution >= 0.6 is 11.3 Å². The number of fused-ring (bicyclic) bond motifs is 1. The van der Waals surface area contributed by atoms with E-state index in [1.165, 1.54) is 46.0 Å². The monoisotopic (exact) mass is 521 g/mol. The van der Waals surface area contributed by atoms with Crippen LogP contribution in [0, 0.1) is 11.8 Å². The van der Waals surface area contributed by atoms with E-state index < -0.39 is 15.9 Å². The summed E-state index contributed by atoms with van der Waals surface area (Å²) in [4.78, 5) is 17.5. The Kier molecular flexibility index (Phi) is 6.55. The molecular formula is C27H27N3O4S2. The van der Waals surface area contributed by atoms with E-state index in [2.05, 4.69) is 24.1 Å². The molecular weight excluding hydrogens is 494 g/mol. The number of benzene rings is 3. The first kappa shape index (κ1) is 24.4. The van der Waals surface area contributed by atoms with Gasteiger partial charge in [-0.3, -0.25) is 4.79 Å². The molecule has 1 aliphatic rings. The van der Waals surface area contributed by atoms with E-state index in [0.717, 1.165) is 16.6 Å². The van der Waals surface area contributed by atoms with Gasteiger partial charge in [-0.15, -0.1) is 11.3 Å². The zero-order chi connectivity index (χ0) is 25.4. The third kappa shape index (κ3) is 4.86. The fraction of sp³-hybridized carbons (Fsp3) is 0.259. The van der Waals surface area contributed by atoms with Crippen LogP contribution in [0.4, 0.5) is 5.69 Å². The second-order valence-electron chi connectivity index (χ2n) is 9.47. The van der Waals surface area contributed by atoms with Crippen molar-refractivity contribution in [1.82, 2.24) is 9.29 Å². The van der Waals surface area contributed by atoms with Crippen LogP contribution in [-0.2, 0) is 10.0 Å². The maximum atomic E-state index is 13.1. The van der Waals surface area contributed by atoms with Crippen LogP contribution in [0.1, 0.15) is 30.6 Å². The molecule has 0 spiro atoms.